The summed E-state index contributed by atoms with van der Waals surface area (Å²) in [5.74, 6) is 1.60. The second kappa shape index (κ2) is 9.00. The molecule has 1 rings (SSSR count). The van der Waals surface area contributed by atoms with E-state index in [1.165, 1.54) is 6.42 Å². The van der Waals surface area contributed by atoms with Crippen LogP contribution < -0.4 is 5.32 Å². The predicted molar refractivity (Wildman–Crippen MR) is 78.1 cm³/mol. The van der Waals surface area contributed by atoms with E-state index in [1.807, 2.05) is 24.3 Å². The zero-order chi connectivity index (χ0) is 13.2. The summed E-state index contributed by atoms with van der Waals surface area (Å²) in [6.07, 6.45) is 2.98. The second-order valence-electron chi connectivity index (χ2n) is 4.12. The average Bonchev–Trinajstić information content (AvgIpc) is 2.37. The van der Waals surface area contributed by atoms with Crippen molar-refractivity contribution in [2.24, 2.45) is 0 Å². The fourth-order valence-corrected chi connectivity index (χ4v) is 2.39. The van der Waals surface area contributed by atoms with E-state index in [-0.39, 0.29) is 12.5 Å². The molecule has 0 fully saturated rings. The smallest absolute Gasteiger partial charge is 0.234 e. The predicted octanol–water partition coefficient (Wildman–Crippen LogP) is 2.69. The lowest BCUT2D eigenvalue weighted by molar-refractivity contribution is -0.113. The zero-order valence-electron chi connectivity index (χ0n) is 10.8. The number of rotatable bonds is 8. The molecule has 0 heterocycles. The Hall–Kier alpha value is -1.00. The van der Waals surface area contributed by atoms with Crippen LogP contribution in [0.2, 0.25) is 0 Å². The summed E-state index contributed by atoms with van der Waals surface area (Å²) in [4.78, 5) is 11.6. The summed E-state index contributed by atoms with van der Waals surface area (Å²) in [7, 11) is 0. The molecule has 1 aromatic rings. The van der Waals surface area contributed by atoms with E-state index < -0.39 is 0 Å². The Balaban J connectivity index is 2.30. The minimum Gasteiger partial charge on any atom is -0.396 e. The van der Waals surface area contributed by atoms with Crippen LogP contribution >= 0.6 is 11.8 Å². The first-order chi connectivity index (χ1) is 8.76. The van der Waals surface area contributed by atoms with Crippen LogP contribution in [0.15, 0.2) is 24.3 Å². The number of hydrogen-bond acceptors (Lipinski definition) is 3. The number of carbonyl (C=O) groups is 1. The van der Waals surface area contributed by atoms with E-state index in [4.69, 9.17) is 5.11 Å². The normalized spacial score (nSPS) is 10.3. The van der Waals surface area contributed by atoms with Crippen LogP contribution in [0.3, 0.4) is 0 Å². The van der Waals surface area contributed by atoms with Crippen LogP contribution in [0.25, 0.3) is 0 Å². The number of aliphatic hydroxyl groups excluding tert-OH is 1. The van der Waals surface area contributed by atoms with Gasteiger partial charge in [-0.25, -0.2) is 0 Å². The van der Waals surface area contributed by atoms with Crippen LogP contribution in [0.1, 0.15) is 25.3 Å². The van der Waals surface area contributed by atoms with Gasteiger partial charge < -0.3 is 10.4 Å². The van der Waals surface area contributed by atoms with Crippen LogP contribution in [-0.4, -0.2) is 29.1 Å². The number of nitrogens with one attached hydrogen (secondary N) is 1. The van der Waals surface area contributed by atoms with Gasteiger partial charge >= 0.3 is 0 Å². The van der Waals surface area contributed by atoms with E-state index in [1.54, 1.807) is 11.8 Å². The first-order valence-corrected chi connectivity index (χ1v) is 7.49. The molecule has 0 aliphatic heterocycles. The lowest BCUT2D eigenvalue weighted by Crippen LogP contribution is -2.14. The molecule has 0 unspecified atom stereocenters. The van der Waals surface area contributed by atoms with Crippen LogP contribution in [0, 0.1) is 0 Å². The number of aliphatic hydroxyl groups is 1. The lowest BCUT2D eigenvalue weighted by atomic mass is 10.1. The Kier molecular flexibility index (Phi) is 7.53. The lowest BCUT2D eigenvalue weighted by Gasteiger charge is -2.06. The summed E-state index contributed by atoms with van der Waals surface area (Å²) in [6.45, 7) is 2.30. The van der Waals surface area contributed by atoms with Gasteiger partial charge in [0.05, 0.1) is 5.75 Å². The molecule has 0 aliphatic carbocycles. The molecular formula is C14H21NO2S. The fraction of sp³-hybridized carbons (Fsp3) is 0.500. The van der Waals surface area contributed by atoms with Crippen molar-refractivity contribution < 1.29 is 9.90 Å². The van der Waals surface area contributed by atoms with Gasteiger partial charge in [-0.15, -0.1) is 0 Å². The third kappa shape index (κ3) is 6.07. The highest BCUT2D eigenvalue weighted by atomic mass is 32.2. The molecule has 100 valence electrons. The third-order valence-corrected chi connectivity index (χ3v) is 3.56. The number of carbonyl (C=O) groups excluding carboxylic acids is 1. The van der Waals surface area contributed by atoms with Crippen LogP contribution in [0.4, 0.5) is 5.69 Å². The van der Waals surface area contributed by atoms with E-state index in [9.17, 15) is 4.79 Å². The van der Waals surface area contributed by atoms with Gasteiger partial charge in [0.1, 0.15) is 0 Å². The van der Waals surface area contributed by atoms with E-state index in [0.29, 0.717) is 12.2 Å². The van der Waals surface area contributed by atoms with Crippen molar-refractivity contribution in [3.05, 3.63) is 29.8 Å². The highest BCUT2D eigenvalue weighted by Gasteiger charge is 2.02. The number of amides is 1. The Labute approximate surface area is 113 Å². The highest BCUT2D eigenvalue weighted by Crippen LogP contribution is 2.11. The Morgan fingerprint density at radius 2 is 2.06 bits per heavy atom. The molecule has 0 aromatic heterocycles. The van der Waals surface area contributed by atoms with Gasteiger partial charge in [-0.2, -0.15) is 11.8 Å². The van der Waals surface area contributed by atoms with Gasteiger partial charge in [-0.05, 0) is 36.3 Å². The Morgan fingerprint density at radius 3 is 2.67 bits per heavy atom. The average molecular weight is 267 g/mol. The zero-order valence-corrected chi connectivity index (χ0v) is 11.6. The minimum atomic E-state index is 0.0472. The maximum absolute atomic E-state index is 11.6. The first-order valence-electron chi connectivity index (χ1n) is 6.33. The van der Waals surface area contributed by atoms with E-state index in [0.717, 1.165) is 23.4 Å². The topological polar surface area (TPSA) is 49.3 Å². The van der Waals surface area contributed by atoms with Crippen molar-refractivity contribution in [1.29, 1.82) is 0 Å². The van der Waals surface area contributed by atoms with Crippen molar-refractivity contribution in [3.63, 3.8) is 0 Å². The molecule has 18 heavy (non-hydrogen) atoms. The summed E-state index contributed by atoms with van der Waals surface area (Å²) in [5, 5.41) is 11.7. The largest absolute Gasteiger partial charge is 0.396 e. The van der Waals surface area contributed by atoms with Crippen molar-refractivity contribution in [2.75, 3.05) is 23.4 Å². The Bertz CT molecular complexity index is 351. The number of unbranched alkanes of at least 4 members (excludes halogenated alkanes) is 1. The number of benzene rings is 1. The number of hydrogen-bond donors (Lipinski definition) is 2. The molecule has 1 amide bonds. The van der Waals surface area contributed by atoms with Gasteiger partial charge in [0.15, 0.2) is 0 Å². The molecule has 1 aromatic carbocycles. The van der Waals surface area contributed by atoms with Gasteiger partial charge in [-0.3, -0.25) is 4.79 Å². The van der Waals surface area contributed by atoms with Gasteiger partial charge in [0.25, 0.3) is 0 Å². The molecule has 0 bridgehead atoms. The molecule has 0 radical (unpaired) electrons. The van der Waals surface area contributed by atoms with Gasteiger partial charge in [0.2, 0.25) is 5.91 Å². The standard InChI is InChI=1S/C14H21NO2S/c1-2-3-10-18-11-14(17)15-13-6-4-12(5-7-13)8-9-16/h4-7,16H,2-3,8-11H2,1H3,(H,15,17). The van der Waals surface area contributed by atoms with Crippen LogP contribution in [0.5, 0.6) is 0 Å². The summed E-state index contributed by atoms with van der Waals surface area (Å²) in [6, 6.07) is 7.60. The first kappa shape index (κ1) is 15.1. The SMILES string of the molecule is CCCCSCC(=O)Nc1ccc(CCO)cc1. The van der Waals surface area contributed by atoms with Crippen molar-refractivity contribution >= 4 is 23.4 Å². The van der Waals surface area contributed by atoms with Gasteiger partial charge in [-0.1, -0.05) is 25.5 Å². The molecule has 2 N–H and O–H groups in total. The Morgan fingerprint density at radius 1 is 1.33 bits per heavy atom. The van der Waals surface area contributed by atoms with Crippen molar-refractivity contribution in [1.82, 2.24) is 0 Å². The highest BCUT2D eigenvalue weighted by molar-refractivity contribution is 7.99. The monoisotopic (exact) mass is 267 g/mol. The van der Waals surface area contributed by atoms with E-state index in [2.05, 4.69) is 12.2 Å². The second-order valence-corrected chi connectivity index (χ2v) is 5.23. The summed E-state index contributed by atoms with van der Waals surface area (Å²) < 4.78 is 0. The molecule has 0 aliphatic rings. The maximum atomic E-state index is 11.6. The summed E-state index contributed by atoms with van der Waals surface area (Å²) >= 11 is 1.67. The molecule has 0 atom stereocenters. The van der Waals surface area contributed by atoms with E-state index >= 15 is 0 Å². The molecule has 0 saturated heterocycles. The molecule has 3 nitrogen and oxygen atoms in total. The maximum Gasteiger partial charge on any atom is 0.234 e. The third-order valence-electron chi connectivity index (χ3n) is 2.51. The van der Waals surface area contributed by atoms with Crippen molar-refractivity contribution in [3.8, 4) is 0 Å². The number of anilines is 1. The van der Waals surface area contributed by atoms with Crippen molar-refractivity contribution in [2.45, 2.75) is 26.2 Å². The molecule has 0 spiro atoms. The molecule has 0 saturated carbocycles. The van der Waals surface area contributed by atoms with Crippen LogP contribution in [-0.2, 0) is 11.2 Å². The van der Waals surface area contributed by atoms with Gasteiger partial charge in [0, 0.05) is 12.3 Å². The molecular weight excluding hydrogens is 246 g/mol. The fourth-order valence-electron chi connectivity index (χ4n) is 1.49. The minimum absolute atomic E-state index is 0.0472. The summed E-state index contributed by atoms with van der Waals surface area (Å²) in [5.41, 5.74) is 1.89. The number of thioether (sulfide) groups is 1. The molecule has 4 heteroatoms. The quantitative estimate of drug-likeness (QED) is 0.712.